The van der Waals surface area contributed by atoms with Gasteiger partial charge in [-0.15, -0.1) is 0 Å². The molecule has 0 atom stereocenters. The standard InChI is InChI=1S/C16H27N3O/c1-3-10-17-11-14-12-18-15(19-13-14)16(20-4-2)8-6-5-7-9-16/h12-13,17H,3-11H2,1-2H3. The average Bonchev–Trinajstić information content (AvgIpc) is 2.49. The third-order valence-corrected chi connectivity index (χ3v) is 3.95. The van der Waals surface area contributed by atoms with Crippen LogP contribution in [-0.2, 0) is 16.9 Å². The first kappa shape index (κ1) is 15.4. The summed E-state index contributed by atoms with van der Waals surface area (Å²) < 4.78 is 6.05. The Morgan fingerprint density at radius 1 is 1.15 bits per heavy atom. The molecule has 0 aromatic carbocycles. The molecule has 2 rings (SSSR count). The molecule has 0 unspecified atom stereocenters. The number of rotatable bonds is 7. The molecule has 4 heteroatoms. The largest absolute Gasteiger partial charge is 0.367 e. The summed E-state index contributed by atoms with van der Waals surface area (Å²) in [6.45, 7) is 6.82. The van der Waals surface area contributed by atoms with Crippen LogP contribution in [0.25, 0.3) is 0 Å². The van der Waals surface area contributed by atoms with Gasteiger partial charge in [-0.05, 0) is 32.7 Å². The molecule has 1 N–H and O–H groups in total. The van der Waals surface area contributed by atoms with E-state index in [9.17, 15) is 0 Å². The Hall–Kier alpha value is -1.00. The molecule has 0 radical (unpaired) electrons. The summed E-state index contributed by atoms with van der Waals surface area (Å²) in [5, 5.41) is 3.37. The van der Waals surface area contributed by atoms with Crippen molar-refractivity contribution in [1.82, 2.24) is 15.3 Å². The quantitative estimate of drug-likeness (QED) is 0.778. The molecule has 1 aromatic rings. The Labute approximate surface area is 122 Å². The second-order valence-electron chi connectivity index (χ2n) is 5.58. The van der Waals surface area contributed by atoms with Gasteiger partial charge >= 0.3 is 0 Å². The Kier molecular flexibility index (Phi) is 5.92. The third kappa shape index (κ3) is 3.76. The van der Waals surface area contributed by atoms with E-state index in [1.807, 2.05) is 12.4 Å². The van der Waals surface area contributed by atoms with Crippen LogP contribution in [0.4, 0.5) is 0 Å². The van der Waals surface area contributed by atoms with Gasteiger partial charge in [0, 0.05) is 31.1 Å². The van der Waals surface area contributed by atoms with E-state index in [0.717, 1.165) is 50.3 Å². The first-order valence-electron chi connectivity index (χ1n) is 7.97. The van der Waals surface area contributed by atoms with E-state index in [0.29, 0.717) is 0 Å². The molecule has 1 aliphatic rings. The highest BCUT2D eigenvalue weighted by Gasteiger charge is 2.37. The molecule has 0 saturated heterocycles. The van der Waals surface area contributed by atoms with Crippen molar-refractivity contribution in [3.8, 4) is 0 Å². The van der Waals surface area contributed by atoms with Crippen molar-refractivity contribution >= 4 is 0 Å². The van der Waals surface area contributed by atoms with Crippen LogP contribution in [0.3, 0.4) is 0 Å². The van der Waals surface area contributed by atoms with E-state index >= 15 is 0 Å². The normalized spacial score (nSPS) is 18.1. The van der Waals surface area contributed by atoms with Crippen LogP contribution in [0.5, 0.6) is 0 Å². The first-order valence-corrected chi connectivity index (χ1v) is 7.97. The molecule has 1 aliphatic carbocycles. The van der Waals surface area contributed by atoms with Gasteiger partial charge in [-0.2, -0.15) is 0 Å². The second-order valence-corrected chi connectivity index (χ2v) is 5.58. The summed E-state index contributed by atoms with van der Waals surface area (Å²) in [4.78, 5) is 9.19. The van der Waals surface area contributed by atoms with Crippen molar-refractivity contribution in [2.75, 3.05) is 13.2 Å². The van der Waals surface area contributed by atoms with Crippen molar-refractivity contribution < 1.29 is 4.74 Å². The lowest BCUT2D eigenvalue weighted by molar-refractivity contribution is -0.0767. The third-order valence-electron chi connectivity index (χ3n) is 3.95. The molecule has 0 bridgehead atoms. The number of hydrogen-bond donors (Lipinski definition) is 1. The number of nitrogens with one attached hydrogen (secondary N) is 1. The molecule has 20 heavy (non-hydrogen) atoms. The maximum absolute atomic E-state index is 6.05. The first-order chi connectivity index (χ1) is 9.80. The molecule has 0 amide bonds. The van der Waals surface area contributed by atoms with Crippen LogP contribution in [0.2, 0.25) is 0 Å². The lowest BCUT2D eigenvalue weighted by Crippen LogP contribution is -2.34. The molecule has 1 fully saturated rings. The topological polar surface area (TPSA) is 47.0 Å². The van der Waals surface area contributed by atoms with Gasteiger partial charge in [-0.1, -0.05) is 26.2 Å². The SMILES string of the molecule is CCCNCc1cnc(C2(OCC)CCCCC2)nc1. The molecule has 4 nitrogen and oxygen atoms in total. The van der Waals surface area contributed by atoms with Gasteiger partial charge in [0.05, 0.1) is 0 Å². The van der Waals surface area contributed by atoms with Crippen LogP contribution in [0, 0.1) is 0 Å². The van der Waals surface area contributed by atoms with Crippen molar-refractivity contribution in [2.45, 2.75) is 64.5 Å². The lowest BCUT2D eigenvalue weighted by atomic mass is 9.84. The number of nitrogens with zero attached hydrogens (tertiary/aromatic N) is 2. The maximum atomic E-state index is 6.05. The molecule has 1 saturated carbocycles. The highest BCUT2D eigenvalue weighted by Crippen LogP contribution is 2.38. The van der Waals surface area contributed by atoms with Gasteiger partial charge in [0.1, 0.15) is 5.60 Å². The molecular weight excluding hydrogens is 250 g/mol. The minimum Gasteiger partial charge on any atom is -0.367 e. The van der Waals surface area contributed by atoms with Crippen LogP contribution >= 0.6 is 0 Å². The fourth-order valence-corrected chi connectivity index (χ4v) is 2.92. The van der Waals surface area contributed by atoms with Crippen LogP contribution in [-0.4, -0.2) is 23.1 Å². The maximum Gasteiger partial charge on any atom is 0.160 e. The summed E-state index contributed by atoms with van der Waals surface area (Å²) in [7, 11) is 0. The molecular formula is C16H27N3O. The highest BCUT2D eigenvalue weighted by atomic mass is 16.5. The zero-order valence-electron chi connectivity index (χ0n) is 12.8. The van der Waals surface area contributed by atoms with Gasteiger partial charge in [-0.3, -0.25) is 0 Å². The monoisotopic (exact) mass is 277 g/mol. The van der Waals surface area contributed by atoms with Gasteiger partial charge in [0.25, 0.3) is 0 Å². The second kappa shape index (κ2) is 7.70. The van der Waals surface area contributed by atoms with Crippen molar-refractivity contribution in [3.05, 3.63) is 23.8 Å². The summed E-state index contributed by atoms with van der Waals surface area (Å²) in [5.74, 6) is 0.873. The lowest BCUT2D eigenvalue weighted by Gasteiger charge is -2.35. The highest BCUT2D eigenvalue weighted by molar-refractivity contribution is 5.10. The number of hydrogen-bond acceptors (Lipinski definition) is 4. The van der Waals surface area contributed by atoms with Crippen molar-refractivity contribution in [3.63, 3.8) is 0 Å². The van der Waals surface area contributed by atoms with E-state index in [4.69, 9.17) is 4.74 Å². The van der Waals surface area contributed by atoms with E-state index in [1.54, 1.807) is 0 Å². The Morgan fingerprint density at radius 2 is 1.85 bits per heavy atom. The Bertz CT molecular complexity index is 380. The Morgan fingerprint density at radius 3 is 2.45 bits per heavy atom. The molecule has 0 spiro atoms. The smallest absolute Gasteiger partial charge is 0.160 e. The average molecular weight is 277 g/mol. The van der Waals surface area contributed by atoms with Gasteiger partial charge in [0.2, 0.25) is 0 Å². The summed E-state index contributed by atoms with van der Waals surface area (Å²) in [5.41, 5.74) is 0.909. The van der Waals surface area contributed by atoms with Crippen molar-refractivity contribution in [1.29, 1.82) is 0 Å². The minimum absolute atomic E-state index is 0.234. The zero-order chi connectivity index (χ0) is 14.3. The molecule has 0 aliphatic heterocycles. The minimum atomic E-state index is -0.234. The summed E-state index contributed by atoms with van der Waals surface area (Å²) in [6.07, 6.45) is 10.9. The van der Waals surface area contributed by atoms with Crippen LogP contribution in [0.1, 0.15) is 63.8 Å². The summed E-state index contributed by atoms with van der Waals surface area (Å²) >= 11 is 0. The molecule has 1 heterocycles. The van der Waals surface area contributed by atoms with E-state index < -0.39 is 0 Å². The van der Waals surface area contributed by atoms with E-state index in [1.165, 1.54) is 19.3 Å². The predicted molar refractivity (Wildman–Crippen MR) is 80.4 cm³/mol. The fourth-order valence-electron chi connectivity index (χ4n) is 2.92. The van der Waals surface area contributed by atoms with Gasteiger partial charge < -0.3 is 10.1 Å². The van der Waals surface area contributed by atoms with Crippen LogP contribution in [0.15, 0.2) is 12.4 Å². The predicted octanol–water partition coefficient (Wildman–Crippen LogP) is 3.17. The van der Waals surface area contributed by atoms with Crippen molar-refractivity contribution in [2.24, 2.45) is 0 Å². The molecule has 112 valence electrons. The van der Waals surface area contributed by atoms with Gasteiger partial charge in [-0.25, -0.2) is 9.97 Å². The fraction of sp³-hybridized carbons (Fsp3) is 0.750. The number of aromatic nitrogens is 2. The summed E-state index contributed by atoms with van der Waals surface area (Å²) in [6, 6.07) is 0. The molecule has 1 aromatic heterocycles. The van der Waals surface area contributed by atoms with Crippen LogP contribution < -0.4 is 5.32 Å². The van der Waals surface area contributed by atoms with E-state index in [2.05, 4.69) is 29.1 Å². The van der Waals surface area contributed by atoms with E-state index in [-0.39, 0.29) is 5.60 Å². The zero-order valence-corrected chi connectivity index (χ0v) is 12.8. The number of ether oxygens (including phenoxy) is 1. The van der Waals surface area contributed by atoms with Gasteiger partial charge in [0.15, 0.2) is 5.82 Å². The Balaban J connectivity index is 2.05.